The number of methoxy groups -OCH3 is 1. The molecule has 2 rings (SSSR count). The number of fused-ring (bicyclic) bond motifs is 1. The number of carbonyl (C=O) groups is 2. The number of carbonyl (C=O) groups excluding carboxylic acids is 2. The van der Waals surface area contributed by atoms with E-state index in [-0.39, 0.29) is 21.9 Å². The van der Waals surface area contributed by atoms with E-state index in [1.165, 1.54) is 14.0 Å². The van der Waals surface area contributed by atoms with Gasteiger partial charge in [0.2, 0.25) is 0 Å². The zero-order chi connectivity index (χ0) is 12.6. The van der Waals surface area contributed by atoms with Crippen LogP contribution in [0.1, 0.15) is 27.2 Å². The Bertz CT molecular complexity index is 670. The van der Waals surface area contributed by atoms with E-state index in [0.29, 0.717) is 5.52 Å². The van der Waals surface area contributed by atoms with Gasteiger partial charge in [-0.2, -0.15) is 0 Å². The average Bonchev–Trinajstić information content (AvgIpc) is 2.72. The first kappa shape index (κ1) is 11.5. The molecule has 2 aromatic heterocycles. The molecule has 0 fully saturated rings. The Morgan fingerprint density at radius 3 is 2.76 bits per heavy atom. The molecular weight excluding hydrogens is 244 g/mol. The molecule has 88 valence electrons. The van der Waals surface area contributed by atoms with Crippen molar-refractivity contribution in [1.29, 1.82) is 0 Å². The molecule has 0 bridgehead atoms. The van der Waals surface area contributed by atoms with Crippen molar-refractivity contribution < 1.29 is 14.3 Å². The molecule has 0 aliphatic carbocycles. The fourth-order valence-electron chi connectivity index (χ4n) is 1.38. The van der Waals surface area contributed by atoms with Gasteiger partial charge in [-0.15, -0.1) is 11.3 Å². The van der Waals surface area contributed by atoms with Crippen LogP contribution in [0.15, 0.2) is 10.2 Å². The summed E-state index contributed by atoms with van der Waals surface area (Å²) in [4.78, 5) is 40.8. The summed E-state index contributed by atoms with van der Waals surface area (Å²) in [6, 6.07) is 0. The second-order valence-corrected chi connectivity index (χ2v) is 4.17. The second kappa shape index (κ2) is 4.10. The topological polar surface area (TPSA) is 89.1 Å². The Labute approximate surface area is 99.3 Å². The quantitative estimate of drug-likeness (QED) is 0.635. The molecule has 0 amide bonds. The minimum absolute atomic E-state index is 0.0169. The molecule has 0 unspecified atom stereocenters. The van der Waals surface area contributed by atoms with Gasteiger partial charge in [0.15, 0.2) is 11.6 Å². The molecular formula is C10H8N2O4S. The summed E-state index contributed by atoms with van der Waals surface area (Å²) in [5.74, 6) is -0.945. The van der Waals surface area contributed by atoms with E-state index < -0.39 is 11.5 Å². The lowest BCUT2D eigenvalue weighted by Gasteiger charge is -1.97. The van der Waals surface area contributed by atoms with Gasteiger partial charge in [0.1, 0.15) is 4.88 Å². The average molecular weight is 252 g/mol. The van der Waals surface area contributed by atoms with E-state index in [1.54, 1.807) is 5.38 Å². The number of aromatic amines is 1. The molecule has 0 saturated carbocycles. The van der Waals surface area contributed by atoms with Gasteiger partial charge in [-0.3, -0.25) is 9.59 Å². The number of ketones is 1. The smallest absolute Gasteiger partial charge is 0.348 e. The summed E-state index contributed by atoms with van der Waals surface area (Å²) in [5, 5.41) is 1.70. The Hall–Kier alpha value is -2.02. The molecule has 0 aliphatic rings. The number of nitrogens with one attached hydrogen (secondary N) is 1. The molecule has 0 saturated heterocycles. The highest BCUT2D eigenvalue weighted by atomic mass is 32.1. The standard InChI is InChI=1S/C10H8N2O4S/c1-4(13)8-11-5-3-17-7(10(15)16-2)6(5)9(14)12-8/h3H,1-2H3,(H,11,12,14). The molecule has 17 heavy (non-hydrogen) atoms. The van der Waals surface area contributed by atoms with Gasteiger partial charge in [-0.05, 0) is 0 Å². The van der Waals surface area contributed by atoms with Crippen molar-refractivity contribution >= 4 is 34.0 Å². The second-order valence-electron chi connectivity index (χ2n) is 3.29. The maximum absolute atomic E-state index is 11.8. The van der Waals surface area contributed by atoms with Gasteiger partial charge in [0.25, 0.3) is 5.56 Å². The number of H-pyrrole nitrogens is 1. The number of thiophene rings is 1. The minimum Gasteiger partial charge on any atom is -0.465 e. The molecule has 7 heteroatoms. The summed E-state index contributed by atoms with van der Waals surface area (Å²) < 4.78 is 4.56. The number of aromatic nitrogens is 2. The van der Waals surface area contributed by atoms with E-state index in [4.69, 9.17) is 0 Å². The van der Waals surface area contributed by atoms with Crippen molar-refractivity contribution in [3.63, 3.8) is 0 Å². The van der Waals surface area contributed by atoms with E-state index in [9.17, 15) is 14.4 Å². The highest BCUT2D eigenvalue weighted by Gasteiger charge is 2.18. The first-order valence-electron chi connectivity index (χ1n) is 4.65. The molecule has 0 spiro atoms. The summed E-state index contributed by atoms with van der Waals surface area (Å²) in [6.45, 7) is 1.30. The minimum atomic E-state index is -0.590. The van der Waals surface area contributed by atoms with Crippen molar-refractivity contribution in [3.8, 4) is 0 Å². The predicted octanol–water partition coefficient (Wildman–Crippen LogP) is 0.974. The van der Waals surface area contributed by atoms with Crippen LogP contribution >= 0.6 is 11.3 Å². The van der Waals surface area contributed by atoms with E-state index >= 15 is 0 Å². The molecule has 6 nitrogen and oxygen atoms in total. The predicted molar refractivity (Wildman–Crippen MR) is 61.6 cm³/mol. The molecule has 2 heterocycles. The number of ether oxygens (including phenoxy) is 1. The van der Waals surface area contributed by atoms with Crippen LogP contribution in [0, 0.1) is 0 Å². The van der Waals surface area contributed by atoms with Crippen LogP contribution in [0.25, 0.3) is 10.9 Å². The number of esters is 1. The van der Waals surface area contributed by atoms with Gasteiger partial charge >= 0.3 is 5.97 Å². The van der Waals surface area contributed by atoms with Crippen molar-refractivity contribution in [2.24, 2.45) is 0 Å². The Morgan fingerprint density at radius 2 is 2.18 bits per heavy atom. The third-order valence-electron chi connectivity index (χ3n) is 2.17. The van der Waals surface area contributed by atoms with Crippen molar-refractivity contribution in [3.05, 3.63) is 26.4 Å². The fourth-order valence-corrected chi connectivity index (χ4v) is 2.27. The Balaban J connectivity index is 2.76. The fraction of sp³-hybridized carbons (Fsp3) is 0.200. The molecule has 2 aromatic rings. The lowest BCUT2D eigenvalue weighted by Crippen LogP contribution is -2.15. The van der Waals surface area contributed by atoms with Gasteiger partial charge in [0.05, 0.1) is 18.0 Å². The summed E-state index contributed by atoms with van der Waals surface area (Å²) in [5.41, 5.74) is -0.189. The van der Waals surface area contributed by atoms with Gasteiger partial charge in [0, 0.05) is 12.3 Å². The third-order valence-corrected chi connectivity index (χ3v) is 3.11. The summed E-state index contributed by atoms with van der Waals surface area (Å²) in [7, 11) is 1.24. The van der Waals surface area contributed by atoms with Crippen molar-refractivity contribution in [2.75, 3.05) is 7.11 Å². The molecule has 0 atom stereocenters. The van der Waals surface area contributed by atoms with Gasteiger partial charge in [-0.1, -0.05) is 0 Å². The zero-order valence-corrected chi connectivity index (χ0v) is 9.88. The first-order valence-corrected chi connectivity index (χ1v) is 5.53. The SMILES string of the molecule is COC(=O)c1scc2nc(C(C)=O)[nH]c(=O)c12. The van der Waals surface area contributed by atoms with Crippen LogP contribution < -0.4 is 5.56 Å². The maximum Gasteiger partial charge on any atom is 0.348 e. The summed E-state index contributed by atoms with van der Waals surface area (Å²) in [6.07, 6.45) is 0. The zero-order valence-electron chi connectivity index (χ0n) is 9.07. The number of rotatable bonds is 2. The van der Waals surface area contributed by atoms with E-state index in [1.807, 2.05) is 0 Å². The van der Waals surface area contributed by atoms with Crippen LogP contribution in [0.3, 0.4) is 0 Å². The van der Waals surface area contributed by atoms with Crippen LogP contribution in [0.2, 0.25) is 0 Å². The highest BCUT2D eigenvalue weighted by molar-refractivity contribution is 7.13. The largest absolute Gasteiger partial charge is 0.465 e. The lowest BCUT2D eigenvalue weighted by molar-refractivity contribution is 0.0608. The maximum atomic E-state index is 11.8. The van der Waals surface area contributed by atoms with Crippen LogP contribution in [0.4, 0.5) is 0 Å². The molecule has 1 N–H and O–H groups in total. The number of hydrogen-bond donors (Lipinski definition) is 1. The van der Waals surface area contributed by atoms with Crippen LogP contribution in [-0.2, 0) is 4.74 Å². The van der Waals surface area contributed by atoms with Gasteiger partial charge < -0.3 is 9.72 Å². The normalized spacial score (nSPS) is 10.5. The number of Topliss-reactive ketones (excluding diaryl/α,β-unsaturated/α-hetero) is 1. The van der Waals surface area contributed by atoms with E-state index in [2.05, 4.69) is 14.7 Å². The number of nitrogens with zero attached hydrogens (tertiary/aromatic N) is 1. The van der Waals surface area contributed by atoms with Crippen LogP contribution in [-0.4, -0.2) is 28.8 Å². The van der Waals surface area contributed by atoms with Crippen LogP contribution in [0.5, 0.6) is 0 Å². The van der Waals surface area contributed by atoms with E-state index in [0.717, 1.165) is 11.3 Å². The first-order chi connectivity index (χ1) is 8.04. The van der Waals surface area contributed by atoms with Gasteiger partial charge in [-0.25, -0.2) is 9.78 Å². The molecule has 0 aliphatic heterocycles. The van der Waals surface area contributed by atoms with Crippen molar-refractivity contribution in [2.45, 2.75) is 6.92 Å². The Kier molecular flexibility index (Phi) is 2.76. The highest BCUT2D eigenvalue weighted by Crippen LogP contribution is 2.21. The number of hydrogen-bond acceptors (Lipinski definition) is 6. The Morgan fingerprint density at radius 1 is 1.47 bits per heavy atom. The lowest BCUT2D eigenvalue weighted by atomic mass is 10.3. The molecule has 0 radical (unpaired) electrons. The third kappa shape index (κ3) is 1.84. The molecule has 0 aromatic carbocycles. The van der Waals surface area contributed by atoms with Crippen molar-refractivity contribution in [1.82, 2.24) is 9.97 Å². The monoisotopic (exact) mass is 252 g/mol. The summed E-state index contributed by atoms with van der Waals surface area (Å²) >= 11 is 1.06.